The quantitative estimate of drug-likeness (QED) is 0.721. The molecule has 2 rings (SSSR count). The molecular formula is C19H22N2O4. The van der Waals surface area contributed by atoms with Crippen molar-refractivity contribution in [1.29, 1.82) is 0 Å². The van der Waals surface area contributed by atoms with Crippen molar-refractivity contribution in [2.24, 2.45) is 0 Å². The molecule has 0 aliphatic rings. The minimum absolute atomic E-state index is 0.00254. The van der Waals surface area contributed by atoms with E-state index in [0.29, 0.717) is 30.3 Å². The highest BCUT2D eigenvalue weighted by molar-refractivity contribution is 5.95. The molecule has 6 heteroatoms. The number of esters is 1. The minimum Gasteiger partial charge on any atom is -0.487 e. The highest BCUT2D eigenvalue weighted by Crippen LogP contribution is 2.33. The van der Waals surface area contributed by atoms with Crippen LogP contribution in [0.5, 0.6) is 5.75 Å². The van der Waals surface area contributed by atoms with Gasteiger partial charge in [-0.15, -0.1) is 0 Å². The van der Waals surface area contributed by atoms with E-state index in [-0.39, 0.29) is 18.4 Å². The van der Waals surface area contributed by atoms with Crippen molar-refractivity contribution in [2.45, 2.75) is 20.5 Å². The molecule has 2 aromatic carbocycles. The normalized spacial score (nSPS) is 10.0. The van der Waals surface area contributed by atoms with Gasteiger partial charge in [0.1, 0.15) is 24.6 Å². The largest absolute Gasteiger partial charge is 0.487 e. The molecule has 2 aromatic rings. The zero-order chi connectivity index (χ0) is 18.1. The van der Waals surface area contributed by atoms with Crippen molar-refractivity contribution < 1.29 is 19.1 Å². The van der Waals surface area contributed by atoms with Crippen LogP contribution in [0.4, 0.5) is 11.4 Å². The summed E-state index contributed by atoms with van der Waals surface area (Å²) < 4.78 is 10.7. The molecule has 132 valence electrons. The summed E-state index contributed by atoms with van der Waals surface area (Å²) >= 11 is 0. The lowest BCUT2D eigenvalue weighted by molar-refractivity contribution is -0.140. The topological polar surface area (TPSA) is 76.7 Å². The maximum atomic E-state index is 11.5. The maximum Gasteiger partial charge on any atom is 0.325 e. The van der Waals surface area contributed by atoms with Gasteiger partial charge in [-0.05, 0) is 24.6 Å². The molecule has 25 heavy (non-hydrogen) atoms. The Bertz CT molecular complexity index is 717. The second kappa shape index (κ2) is 9.32. The molecule has 0 radical (unpaired) electrons. The van der Waals surface area contributed by atoms with Crippen LogP contribution in [-0.2, 0) is 20.9 Å². The van der Waals surface area contributed by atoms with E-state index in [0.717, 1.165) is 5.56 Å². The third kappa shape index (κ3) is 5.84. The van der Waals surface area contributed by atoms with Crippen LogP contribution in [0.1, 0.15) is 19.4 Å². The first-order chi connectivity index (χ1) is 12.1. The Morgan fingerprint density at radius 3 is 2.48 bits per heavy atom. The Hall–Kier alpha value is -3.02. The Morgan fingerprint density at radius 2 is 1.80 bits per heavy atom. The summed E-state index contributed by atoms with van der Waals surface area (Å²) in [6, 6.07) is 15.0. The Morgan fingerprint density at radius 1 is 1.04 bits per heavy atom. The third-order valence-electron chi connectivity index (χ3n) is 3.29. The van der Waals surface area contributed by atoms with Crippen molar-refractivity contribution in [3.05, 3.63) is 54.1 Å². The molecule has 2 N–H and O–H groups in total. The Kier molecular flexibility index (Phi) is 6.83. The van der Waals surface area contributed by atoms with Gasteiger partial charge in [-0.1, -0.05) is 36.4 Å². The molecule has 0 saturated heterocycles. The summed E-state index contributed by atoms with van der Waals surface area (Å²) in [5.41, 5.74) is 2.10. The second-order valence-corrected chi connectivity index (χ2v) is 5.29. The lowest BCUT2D eigenvalue weighted by Crippen LogP contribution is -2.18. The van der Waals surface area contributed by atoms with Gasteiger partial charge in [0, 0.05) is 6.92 Å². The van der Waals surface area contributed by atoms with Gasteiger partial charge in [0.25, 0.3) is 0 Å². The number of para-hydroxylation sites is 1. The van der Waals surface area contributed by atoms with E-state index in [1.165, 1.54) is 6.92 Å². The number of hydrogen-bond donors (Lipinski definition) is 2. The van der Waals surface area contributed by atoms with E-state index in [1.807, 2.05) is 30.3 Å². The number of anilines is 2. The monoisotopic (exact) mass is 342 g/mol. The predicted molar refractivity (Wildman–Crippen MR) is 96.6 cm³/mol. The van der Waals surface area contributed by atoms with E-state index < -0.39 is 0 Å². The standard InChI is InChI=1S/C19H22N2O4/c1-3-24-18(23)12-20-16-10-7-11-17(19(16)21-14(2)22)25-13-15-8-5-4-6-9-15/h4-11,20H,3,12-13H2,1-2H3,(H,21,22). The van der Waals surface area contributed by atoms with Crippen LogP contribution in [0.15, 0.2) is 48.5 Å². The molecular weight excluding hydrogens is 320 g/mol. The van der Waals surface area contributed by atoms with Crippen molar-refractivity contribution in [3.8, 4) is 5.75 Å². The summed E-state index contributed by atoms with van der Waals surface area (Å²) in [7, 11) is 0. The van der Waals surface area contributed by atoms with Crippen LogP contribution in [-0.4, -0.2) is 25.0 Å². The van der Waals surface area contributed by atoms with E-state index in [9.17, 15) is 9.59 Å². The van der Waals surface area contributed by atoms with Crippen LogP contribution in [0.2, 0.25) is 0 Å². The van der Waals surface area contributed by atoms with Crippen LogP contribution in [0.25, 0.3) is 0 Å². The van der Waals surface area contributed by atoms with E-state index in [1.54, 1.807) is 25.1 Å². The number of ether oxygens (including phenoxy) is 2. The minimum atomic E-state index is -0.369. The number of hydrogen-bond acceptors (Lipinski definition) is 5. The van der Waals surface area contributed by atoms with Crippen molar-refractivity contribution in [1.82, 2.24) is 0 Å². The molecule has 0 fully saturated rings. The van der Waals surface area contributed by atoms with Crippen molar-refractivity contribution in [2.75, 3.05) is 23.8 Å². The van der Waals surface area contributed by atoms with Gasteiger partial charge >= 0.3 is 5.97 Å². The van der Waals surface area contributed by atoms with Crippen LogP contribution >= 0.6 is 0 Å². The molecule has 0 saturated carbocycles. The number of benzene rings is 2. The predicted octanol–water partition coefficient (Wildman–Crippen LogP) is 3.20. The lowest BCUT2D eigenvalue weighted by Gasteiger charge is -2.17. The smallest absolute Gasteiger partial charge is 0.325 e. The zero-order valence-corrected chi connectivity index (χ0v) is 14.4. The number of carbonyl (C=O) groups excluding carboxylic acids is 2. The van der Waals surface area contributed by atoms with E-state index in [4.69, 9.17) is 9.47 Å². The SMILES string of the molecule is CCOC(=O)CNc1cccc(OCc2ccccc2)c1NC(C)=O. The molecule has 0 atom stereocenters. The van der Waals surface area contributed by atoms with Crippen molar-refractivity contribution in [3.63, 3.8) is 0 Å². The van der Waals surface area contributed by atoms with Gasteiger partial charge in [0.05, 0.1) is 12.3 Å². The molecule has 0 spiro atoms. The van der Waals surface area contributed by atoms with Gasteiger partial charge in [0.2, 0.25) is 5.91 Å². The Labute approximate surface area is 147 Å². The number of nitrogens with one attached hydrogen (secondary N) is 2. The molecule has 0 unspecified atom stereocenters. The van der Waals surface area contributed by atoms with Gasteiger partial charge < -0.3 is 20.1 Å². The van der Waals surface area contributed by atoms with Crippen LogP contribution in [0.3, 0.4) is 0 Å². The summed E-state index contributed by atoms with van der Waals surface area (Å²) in [5.74, 6) is -0.0743. The number of amides is 1. The summed E-state index contributed by atoms with van der Waals surface area (Å²) in [6.07, 6.45) is 0. The molecule has 0 aromatic heterocycles. The lowest BCUT2D eigenvalue weighted by atomic mass is 10.2. The van der Waals surface area contributed by atoms with E-state index in [2.05, 4.69) is 10.6 Å². The third-order valence-corrected chi connectivity index (χ3v) is 3.29. The molecule has 0 aliphatic heterocycles. The number of carbonyl (C=O) groups is 2. The fourth-order valence-corrected chi connectivity index (χ4v) is 2.22. The first-order valence-electron chi connectivity index (χ1n) is 8.07. The second-order valence-electron chi connectivity index (χ2n) is 5.29. The van der Waals surface area contributed by atoms with Gasteiger partial charge in [-0.2, -0.15) is 0 Å². The average Bonchev–Trinajstić information content (AvgIpc) is 2.60. The molecule has 1 amide bonds. The van der Waals surface area contributed by atoms with Crippen molar-refractivity contribution >= 4 is 23.3 Å². The Balaban J connectivity index is 2.15. The summed E-state index contributed by atoms with van der Waals surface area (Å²) in [4.78, 5) is 23.1. The first-order valence-corrected chi connectivity index (χ1v) is 8.07. The first kappa shape index (κ1) is 18.3. The summed E-state index contributed by atoms with van der Waals surface area (Å²) in [5, 5.41) is 5.73. The fourth-order valence-electron chi connectivity index (χ4n) is 2.22. The molecule has 6 nitrogen and oxygen atoms in total. The highest BCUT2D eigenvalue weighted by atomic mass is 16.5. The van der Waals surface area contributed by atoms with Gasteiger partial charge in [-0.3, -0.25) is 9.59 Å². The maximum absolute atomic E-state index is 11.5. The van der Waals surface area contributed by atoms with Gasteiger partial charge in [0.15, 0.2) is 0 Å². The molecule has 0 bridgehead atoms. The zero-order valence-electron chi connectivity index (χ0n) is 14.4. The fraction of sp³-hybridized carbons (Fsp3) is 0.263. The summed E-state index contributed by atoms with van der Waals surface area (Å²) in [6.45, 7) is 3.86. The highest BCUT2D eigenvalue weighted by Gasteiger charge is 2.12. The average molecular weight is 342 g/mol. The van der Waals surface area contributed by atoms with Crippen LogP contribution in [0, 0.1) is 0 Å². The number of rotatable bonds is 8. The molecule has 0 aliphatic carbocycles. The van der Waals surface area contributed by atoms with Crippen LogP contribution < -0.4 is 15.4 Å². The van der Waals surface area contributed by atoms with E-state index >= 15 is 0 Å². The molecule has 0 heterocycles. The van der Waals surface area contributed by atoms with Gasteiger partial charge in [-0.25, -0.2) is 0 Å².